The van der Waals surface area contributed by atoms with E-state index in [1.54, 1.807) is 18.2 Å². The maximum absolute atomic E-state index is 15.2. The Kier molecular flexibility index (Phi) is 8.01. The maximum atomic E-state index is 15.2. The second-order valence-electron chi connectivity index (χ2n) is 12.9. The van der Waals surface area contributed by atoms with E-state index >= 15 is 8.78 Å². The first kappa shape index (κ1) is 31.2. The Morgan fingerprint density at radius 1 is 1.02 bits per heavy atom. The lowest BCUT2D eigenvalue weighted by Gasteiger charge is -2.56. The fraction of sp³-hybridized carbons (Fsp3) is 0.444. The number of carbonyl (C=O) groups excluding carboxylic acids is 1. The van der Waals surface area contributed by atoms with Crippen LogP contribution < -0.4 is 0 Å². The Bertz CT molecular complexity index is 1620. The Morgan fingerprint density at radius 3 is 2.47 bits per heavy atom. The number of alkyl halides is 5. The topological polar surface area (TPSA) is 58.9 Å². The largest absolute Gasteiger partial charge is 0.456 e. The Hall–Kier alpha value is -3.77. The van der Waals surface area contributed by atoms with Gasteiger partial charge in [0.25, 0.3) is 0 Å². The summed E-state index contributed by atoms with van der Waals surface area (Å²) in [6.45, 7) is 1.73. The van der Waals surface area contributed by atoms with Crippen LogP contribution >= 0.6 is 0 Å². The van der Waals surface area contributed by atoms with Crippen molar-refractivity contribution >= 4 is 12.0 Å². The van der Waals surface area contributed by atoms with Gasteiger partial charge >= 0.3 is 12.1 Å². The van der Waals surface area contributed by atoms with Crippen molar-refractivity contribution in [2.45, 2.75) is 82.1 Å². The van der Waals surface area contributed by atoms with Crippen molar-refractivity contribution < 1.29 is 36.7 Å². The lowest BCUT2D eigenvalue weighted by molar-refractivity contribution is -0.362. The molecule has 0 amide bonds. The van der Waals surface area contributed by atoms with E-state index in [0.29, 0.717) is 37.9 Å². The van der Waals surface area contributed by atoms with Crippen LogP contribution in [0, 0.1) is 29.1 Å². The van der Waals surface area contributed by atoms with Crippen LogP contribution in [0.15, 0.2) is 82.5 Å². The van der Waals surface area contributed by atoms with Gasteiger partial charge in [-0.2, -0.15) is 22.0 Å². The van der Waals surface area contributed by atoms with Crippen molar-refractivity contribution in [2.75, 3.05) is 0 Å². The Balaban J connectivity index is 1.31. The van der Waals surface area contributed by atoms with Gasteiger partial charge in [0.15, 0.2) is 5.78 Å². The van der Waals surface area contributed by atoms with Crippen LogP contribution in [0.4, 0.5) is 22.0 Å². The van der Waals surface area contributed by atoms with Crippen molar-refractivity contribution in [3.63, 3.8) is 0 Å². The molecule has 2 fully saturated rings. The summed E-state index contributed by atoms with van der Waals surface area (Å²) >= 11 is 0. The highest BCUT2D eigenvalue weighted by Crippen LogP contribution is 2.70. The fourth-order valence-corrected chi connectivity index (χ4v) is 8.38. The quantitative estimate of drug-likeness (QED) is 0.159. The first-order valence-corrected chi connectivity index (χ1v) is 15.3. The molecule has 2 aromatic carbocycles. The Labute approximate surface area is 259 Å². The molecule has 6 rings (SSSR count). The summed E-state index contributed by atoms with van der Waals surface area (Å²) in [6.07, 6.45) is -1.51. The molecule has 0 aliphatic heterocycles. The van der Waals surface area contributed by atoms with Crippen molar-refractivity contribution in [3.05, 3.63) is 94.1 Å². The van der Waals surface area contributed by atoms with E-state index in [0.717, 1.165) is 27.8 Å². The van der Waals surface area contributed by atoms with Crippen LogP contribution in [0.5, 0.6) is 0 Å². The molecule has 236 valence electrons. The highest BCUT2D eigenvalue weighted by molar-refractivity contribution is 5.93. The van der Waals surface area contributed by atoms with E-state index in [4.69, 9.17) is 4.84 Å². The molecule has 2 unspecified atom stereocenters. The number of fused-ring (bicyclic) bond motifs is 4. The average Bonchev–Trinajstić information content (AvgIpc) is 3.29. The minimum Gasteiger partial charge on any atom is -0.390 e. The van der Waals surface area contributed by atoms with Gasteiger partial charge in [-0.1, -0.05) is 66.0 Å². The second kappa shape index (κ2) is 11.5. The molecular weight excluding hydrogens is 589 g/mol. The highest BCUT2D eigenvalue weighted by atomic mass is 19.4. The number of oxime groups is 1. The number of benzene rings is 2. The number of aliphatic hydroxyl groups is 1. The van der Waals surface area contributed by atoms with E-state index in [2.05, 4.69) is 17.0 Å². The van der Waals surface area contributed by atoms with Crippen molar-refractivity contribution in [3.8, 4) is 11.8 Å². The average molecular weight is 624 g/mol. The number of halogens is 5. The molecule has 1 N–H and O–H groups in total. The van der Waals surface area contributed by atoms with Gasteiger partial charge in [0.05, 0.1) is 0 Å². The van der Waals surface area contributed by atoms with Crippen molar-refractivity contribution in [2.24, 2.45) is 22.4 Å². The predicted octanol–water partition coefficient (Wildman–Crippen LogP) is 8.07. The summed E-state index contributed by atoms with van der Waals surface area (Å²) in [4.78, 5) is 17.5. The second-order valence-corrected chi connectivity index (χ2v) is 12.9. The standard InChI is InChI=1S/C36H34F5NO3/c1-33-21-30(25-11-9-23(10-12-25)8-5-19-42-45-22-24-6-3-2-4-7-24)32-28-16-14-27(43)20-26(28)13-15-29(32)31(33)17-18-34(33,44)35(37,38)36(39,40)41/h2-4,6-7,9-12,19-20,29-31,44H,13-18,21-22H2,1H3/b42-19+/t29?,30-,31?,33+,34+/m1/s1. The number of carbonyl (C=O) groups is 1. The zero-order valence-electron chi connectivity index (χ0n) is 24.8. The van der Waals surface area contributed by atoms with Gasteiger partial charge < -0.3 is 9.94 Å². The summed E-state index contributed by atoms with van der Waals surface area (Å²) in [5, 5.41) is 15.3. The molecule has 0 aromatic heterocycles. The molecule has 2 saturated carbocycles. The summed E-state index contributed by atoms with van der Waals surface area (Å²) < 4.78 is 71.7. The van der Waals surface area contributed by atoms with Crippen LogP contribution in [0.25, 0.3) is 0 Å². The molecule has 4 nitrogen and oxygen atoms in total. The number of rotatable bonds is 5. The minimum atomic E-state index is -5.88. The van der Waals surface area contributed by atoms with Crippen molar-refractivity contribution in [1.82, 2.24) is 0 Å². The Morgan fingerprint density at radius 2 is 1.76 bits per heavy atom. The third kappa shape index (κ3) is 5.31. The molecule has 9 heteroatoms. The van der Waals surface area contributed by atoms with E-state index in [9.17, 15) is 23.1 Å². The molecule has 4 aliphatic rings. The van der Waals surface area contributed by atoms with Gasteiger partial charge in [0, 0.05) is 23.3 Å². The fourth-order valence-electron chi connectivity index (χ4n) is 8.38. The first-order valence-electron chi connectivity index (χ1n) is 15.3. The minimum absolute atomic E-state index is 0.0435. The molecule has 2 aromatic rings. The van der Waals surface area contributed by atoms with E-state index in [1.165, 1.54) is 13.1 Å². The maximum Gasteiger partial charge on any atom is 0.456 e. The monoisotopic (exact) mass is 623 g/mol. The van der Waals surface area contributed by atoms with E-state index < -0.39 is 41.4 Å². The van der Waals surface area contributed by atoms with Crippen LogP contribution in [0.3, 0.4) is 0 Å². The van der Waals surface area contributed by atoms with E-state index in [-0.39, 0.29) is 24.5 Å². The highest BCUT2D eigenvalue weighted by Gasteiger charge is 2.79. The lowest BCUT2D eigenvalue weighted by atomic mass is 9.50. The van der Waals surface area contributed by atoms with Gasteiger partial charge in [-0.05, 0) is 96.8 Å². The van der Waals surface area contributed by atoms with Crippen molar-refractivity contribution in [1.29, 1.82) is 0 Å². The van der Waals surface area contributed by atoms with Crippen LogP contribution in [0.2, 0.25) is 0 Å². The molecule has 0 bridgehead atoms. The number of nitrogens with zero attached hydrogens (tertiary/aromatic N) is 1. The van der Waals surface area contributed by atoms with Gasteiger partial charge in [-0.3, -0.25) is 4.79 Å². The summed E-state index contributed by atoms with van der Waals surface area (Å²) in [5.74, 6) is -0.732. The van der Waals surface area contributed by atoms with Crippen LogP contribution in [-0.2, 0) is 16.2 Å². The third-order valence-electron chi connectivity index (χ3n) is 10.6. The summed E-state index contributed by atoms with van der Waals surface area (Å²) in [7, 11) is 0. The number of hydrogen-bond donors (Lipinski definition) is 1. The zero-order valence-corrected chi connectivity index (χ0v) is 24.8. The van der Waals surface area contributed by atoms with Crippen LogP contribution in [0.1, 0.15) is 74.5 Å². The smallest absolute Gasteiger partial charge is 0.390 e. The van der Waals surface area contributed by atoms with E-state index in [1.807, 2.05) is 42.5 Å². The molecule has 0 heterocycles. The van der Waals surface area contributed by atoms with Gasteiger partial charge in [-0.25, -0.2) is 0 Å². The molecule has 5 atom stereocenters. The lowest BCUT2D eigenvalue weighted by Crippen LogP contribution is -2.65. The number of ketones is 1. The van der Waals surface area contributed by atoms with Crippen LogP contribution in [-0.4, -0.2) is 34.8 Å². The first-order chi connectivity index (χ1) is 21.4. The molecule has 45 heavy (non-hydrogen) atoms. The molecule has 4 aliphatic carbocycles. The van der Waals surface area contributed by atoms with Gasteiger partial charge in [0.2, 0.25) is 0 Å². The van der Waals surface area contributed by atoms with Gasteiger partial charge in [-0.15, -0.1) is 0 Å². The molecule has 0 spiro atoms. The molecule has 0 radical (unpaired) electrons. The van der Waals surface area contributed by atoms with Gasteiger partial charge in [0.1, 0.15) is 18.4 Å². The molecule has 0 saturated heterocycles. The molecular formula is C36H34F5NO3. The summed E-state index contributed by atoms with van der Waals surface area (Å²) in [6, 6.07) is 16.8. The normalized spacial score (nSPS) is 29.8. The number of allylic oxidation sites excluding steroid dienone is 4. The zero-order chi connectivity index (χ0) is 32.0. The predicted molar refractivity (Wildman–Crippen MR) is 159 cm³/mol. The third-order valence-corrected chi connectivity index (χ3v) is 10.6. The number of hydrogen-bond acceptors (Lipinski definition) is 4. The SMILES string of the molecule is C[C@]12C[C@H](c3ccc(C#C/C=N/OCc4ccccc4)cc3)C3=C4CCC(=O)C=C4CCC3C1CC[C@@]2(O)C(F)(F)C(F)(F)F. The summed E-state index contributed by atoms with van der Waals surface area (Å²) in [5.41, 5.74) is 0.477.